The summed E-state index contributed by atoms with van der Waals surface area (Å²) < 4.78 is 6.17. The lowest BCUT2D eigenvalue weighted by molar-refractivity contribution is 0.356. The molecule has 23 heavy (non-hydrogen) atoms. The molecule has 0 heterocycles. The number of hydrogen-bond donors (Lipinski definition) is 0. The highest BCUT2D eigenvalue weighted by atomic mass is 16.5. The molecule has 0 radical (unpaired) electrons. The monoisotopic (exact) mass is 302 g/mol. The maximum absolute atomic E-state index is 6.17. The van der Waals surface area contributed by atoms with Crippen LogP contribution in [-0.4, -0.2) is 6.61 Å². The fourth-order valence-corrected chi connectivity index (χ4v) is 3.12. The van der Waals surface area contributed by atoms with Gasteiger partial charge in [-0.25, -0.2) is 0 Å². The average molecular weight is 302 g/mol. The van der Waals surface area contributed by atoms with Crippen molar-refractivity contribution in [3.63, 3.8) is 0 Å². The van der Waals surface area contributed by atoms with Gasteiger partial charge in [-0.15, -0.1) is 0 Å². The first-order chi connectivity index (χ1) is 11.4. The predicted octanol–water partition coefficient (Wildman–Crippen LogP) is 5.89. The summed E-state index contributed by atoms with van der Waals surface area (Å²) in [5.74, 6) is 1.75. The summed E-state index contributed by atoms with van der Waals surface area (Å²) in [4.78, 5) is 0. The van der Waals surface area contributed by atoms with Crippen molar-refractivity contribution in [2.24, 2.45) is 0 Å². The third-order valence-corrected chi connectivity index (χ3v) is 4.60. The molecule has 0 saturated heterocycles. The SMILES string of the molecule is C1=CC(COc2ccc(C3CC3)cc2-c2ccccc2)=CCC1. The van der Waals surface area contributed by atoms with Crippen LogP contribution in [0.5, 0.6) is 5.75 Å². The first-order valence-corrected chi connectivity index (χ1v) is 8.58. The molecule has 0 atom stereocenters. The van der Waals surface area contributed by atoms with Crippen LogP contribution >= 0.6 is 0 Å². The maximum atomic E-state index is 6.17. The van der Waals surface area contributed by atoms with E-state index in [1.165, 1.54) is 35.1 Å². The second kappa shape index (κ2) is 6.45. The van der Waals surface area contributed by atoms with Crippen molar-refractivity contribution in [3.05, 3.63) is 77.9 Å². The molecule has 0 spiro atoms. The summed E-state index contributed by atoms with van der Waals surface area (Å²) in [5, 5.41) is 0. The molecule has 1 heteroatoms. The van der Waals surface area contributed by atoms with Gasteiger partial charge in [-0.1, -0.05) is 54.6 Å². The van der Waals surface area contributed by atoms with Crippen molar-refractivity contribution in [2.45, 2.75) is 31.6 Å². The number of rotatable bonds is 5. The maximum Gasteiger partial charge on any atom is 0.127 e. The molecule has 2 aromatic rings. The van der Waals surface area contributed by atoms with E-state index in [1.54, 1.807) is 0 Å². The summed E-state index contributed by atoms with van der Waals surface area (Å²) in [6.45, 7) is 0.652. The van der Waals surface area contributed by atoms with Gasteiger partial charge in [0.25, 0.3) is 0 Å². The van der Waals surface area contributed by atoms with Crippen molar-refractivity contribution >= 4 is 0 Å². The minimum Gasteiger partial charge on any atom is -0.488 e. The molecule has 0 amide bonds. The van der Waals surface area contributed by atoms with Crippen LogP contribution in [0.4, 0.5) is 0 Å². The highest BCUT2D eigenvalue weighted by molar-refractivity contribution is 5.71. The van der Waals surface area contributed by atoms with Crippen LogP contribution in [0.15, 0.2) is 72.3 Å². The molecular formula is C22H22O. The van der Waals surface area contributed by atoms with Gasteiger partial charge in [-0.05, 0) is 60.4 Å². The van der Waals surface area contributed by atoms with E-state index in [0.29, 0.717) is 6.61 Å². The minimum atomic E-state index is 0.652. The highest BCUT2D eigenvalue weighted by Crippen LogP contribution is 2.43. The average Bonchev–Trinajstić information content (AvgIpc) is 3.47. The predicted molar refractivity (Wildman–Crippen MR) is 95.8 cm³/mol. The van der Waals surface area contributed by atoms with E-state index >= 15 is 0 Å². The van der Waals surface area contributed by atoms with Crippen LogP contribution in [0.2, 0.25) is 0 Å². The molecule has 2 aliphatic rings. The van der Waals surface area contributed by atoms with Gasteiger partial charge in [0.2, 0.25) is 0 Å². The Kier molecular flexibility index (Phi) is 4.02. The van der Waals surface area contributed by atoms with E-state index in [-0.39, 0.29) is 0 Å². The van der Waals surface area contributed by atoms with Gasteiger partial charge >= 0.3 is 0 Å². The third-order valence-electron chi connectivity index (χ3n) is 4.60. The zero-order valence-electron chi connectivity index (χ0n) is 13.4. The summed E-state index contributed by atoms with van der Waals surface area (Å²) >= 11 is 0. The van der Waals surface area contributed by atoms with Crippen LogP contribution in [0.25, 0.3) is 11.1 Å². The summed E-state index contributed by atoms with van der Waals surface area (Å²) in [6.07, 6.45) is 11.6. The fraction of sp³-hybridized carbons (Fsp3) is 0.273. The Hall–Kier alpha value is -2.28. The van der Waals surface area contributed by atoms with Crippen LogP contribution in [0, 0.1) is 0 Å². The minimum absolute atomic E-state index is 0.652. The molecule has 4 rings (SSSR count). The molecule has 0 N–H and O–H groups in total. The zero-order valence-corrected chi connectivity index (χ0v) is 13.4. The van der Waals surface area contributed by atoms with E-state index in [0.717, 1.165) is 24.5 Å². The molecule has 0 aliphatic heterocycles. The van der Waals surface area contributed by atoms with Crippen LogP contribution in [0.1, 0.15) is 37.2 Å². The van der Waals surface area contributed by atoms with Crippen molar-refractivity contribution in [1.29, 1.82) is 0 Å². The van der Waals surface area contributed by atoms with Gasteiger partial charge in [0.05, 0.1) is 0 Å². The van der Waals surface area contributed by atoms with Crippen molar-refractivity contribution in [2.75, 3.05) is 6.61 Å². The van der Waals surface area contributed by atoms with Crippen LogP contribution in [0.3, 0.4) is 0 Å². The fourth-order valence-electron chi connectivity index (χ4n) is 3.12. The van der Waals surface area contributed by atoms with Crippen molar-refractivity contribution in [1.82, 2.24) is 0 Å². The zero-order chi connectivity index (χ0) is 15.5. The Morgan fingerprint density at radius 3 is 2.57 bits per heavy atom. The van der Waals surface area contributed by atoms with E-state index in [2.05, 4.69) is 66.8 Å². The first kappa shape index (κ1) is 14.3. The number of hydrogen-bond acceptors (Lipinski definition) is 1. The molecule has 2 aliphatic carbocycles. The first-order valence-electron chi connectivity index (χ1n) is 8.58. The highest BCUT2D eigenvalue weighted by Gasteiger charge is 2.24. The third kappa shape index (κ3) is 3.39. The lowest BCUT2D eigenvalue weighted by atomic mass is 10.00. The van der Waals surface area contributed by atoms with Gasteiger partial charge < -0.3 is 4.74 Å². The van der Waals surface area contributed by atoms with E-state index < -0.39 is 0 Å². The largest absolute Gasteiger partial charge is 0.488 e. The van der Waals surface area contributed by atoms with E-state index in [9.17, 15) is 0 Å². The molecule has 1 fully saturated rings. The Balaban J connectivity index is 1.62. The molecule has 116 valence electrons. The summed E-state index contributed by atoms with van der Waals surface area (Å²) in [6, 6.07) is 17.3. The van der Waals surface area contributed by atoms with Crippen LogP contribution in [-0.2, 0) is 0 Å². The smallest absolute Gasteiger partial charge is 0.127 e. The quantitative estimate of drug-likeness (QED) is 0.669. The van der Waals surface area contributed by atoms with Gasteiger partial charge in [0.1, 0.15) is 12.4 Å². The van der Waals surface area contributed by atoms with Gasteiger partial charge in [0.15, 0.2) is 0 Å². The molecular weight excluding hydrogens is 280 g/mol. The normalized spacial score (nSPS) is 17.0. The Morgan fingerprint density at radius 1 is 0.957 bits per heavy atom. The lowest BCUT2D eigenvalue weighted by Gasteiger charge is -2.15. The van der Waals surface area contributed by atoms with Gasteiger partial charge in [-0.3, -0.25) is 0 Å². The van der Waals surface area contributed by atoms with Gasteiger partial charge in [-0.2, -0.15) is 0 Å². The Labute approximate surface area is 138 Å². The second-order valence-electron chi connectivity index (χ2n) is 6.44. The summed E-state index contributed by atoms with van der Waals surface area (Å²) in [7, 11) is 0. The standard InChI is InChI=1S/C22H22O/c1-3-7-17(8-4-1)16-23-22-14-13-20(18-11-12-18)15-21(22)19-9-5-2-6-10-19/h2-3,5-10,13-15,18H,1,4,11-12,16H2. The molecule has 0 bridgehead atoms. The second-order valence-corrected chi connectivity index (χ2v) is 6.44. The summed E-state index contributed by atoms with van der Waals surface area (Å²) in [5.41, 5.74) is 5.18. The van der Waals surface area contributed by atoms with Crippen molar-refractivity contribution in [3.8, 4) is 16.9 Å². The van der Waals surface area contributed by atoms with Crippen LogP contribution < -0.4 is 4.74 Å². The Bertz CT molecular complexity index is 736. The number of allylic oxidation sites excluding steroid dienone is 2. The number of ether oxygens (including phenoxy) is 1. The van der Waals surface area contributed by atoms with Gasteiger partial charge in [0, 0.05) is 5.56 Å². The molecule has 2 aromatic carbocycles. The Morgan fingerprint density at radius 2 is 1.83 bits per heavy atom. The molecule has 1 saturated carbocycles. The van der Waals surface area contributed by atoms with E-state index in [1.807, 2.05) is 0 Å². The molecule has 0 unspecified atom stereocenters. The molecule has 1 nitrogen and oxygen atoms in total. The number of benzene rings is 2. The topological polar surface area (TPSA) is 9.23 Å². The van der Waals surface area contributed by atoms with E-state index in [4.69, 9.17) is 4.74 Å². The van der Waals surface area contributed by atoms with Crippen molar-refractivity contribution < 1.29 is 4.74 Å². The lowest BCUT2D eigenvalue weighted by Crippen LogP contribution is -2.02. The molecule has 0 aromatic heterocycles.